The van der Waals surface area contributed by atoms with E-state index < -0.39 is 24.2 Å². The molecule has 12 heteroatoms. The Balaban J connectivity index is 1.65. The topological polar surface area (TPSA) is 77.4 Å². The first-order chi connectivity index (χ1) is 16.1. The third-order valence-corrected chi connectivity index (χ3v) is 5.79. The Morgan fingerprint density at radius 2 is 1.76 bits per heavy atom. The summed E-state index contributed by atoms with van der Waals surface area (Å²) in [6, 6.07) is 7.94. The molecule has 2 unspecified atom stereocenters. The molecule has 1 aliphatic rings. The average molecular weight is 515 g/mol. The first-order valence-electron chi connectivity index (χ1n) is 10.0. The summed E-state index contributed by atoms with van der Waals surface area (Å²) < 4.78 is 53.1. The van der Waals surface area contributed by atoms with Crippen LogP contribution < -0.4 is 20.1 Å². The Labute approximate surface area is 202 Å². The van der Waals surface area contributed by atoms with E-state index in [9.17, 15) is 18.0 Å². The van der Waals surface area contributed by atoms with Crippen LogP contribution in [0.4, 0.5) is 24.7 Å². The number of benzene rings is 2. The van der Waals surface area contributed by atoms with Crippen molar-refractivity contribution in [3.8, 4) is 11.5 Å². The van der Waals surface area contributed by atoms with Crippen LogP contribution in [-0.4, -0.2) is 36.1 Å². The second-order valence-corrected chi connectivity index (χ2v) is 8.45. The summed E-state index contributed by atoms with van der Waals surface area (Å²) in [6.45, 7) is 0. The second-order valence-electron chi connectivity index (χ2n) is 7.58. The Bertz CT molecular complexity index is 1210. The number of hydrogen-bond acceptors (Lipinski definition) is 5. The van der Waals surface area contributed by atoms with Crippen LogP contribution in [0.5, 0.6) is 11.5 Å². The second kappa shape index (κ2) is 9.27. The fraction of sp³-hybridized carbons (Fsp3) is 0.273. The number of fused-ring (bicyclic) bond motifs is 1. The van der Waals surface area contributed by atoms with E-state index in [4.69, 9.17) is 32.7 Å². The number of halogens is 5. The number of methoxy groups -OCH3 is 2. The minimum absolute atomic E-state index is 0.0580. The number of alkyl halides is 3. The lowest BCUT2D eigenvalue weighted by Gasteiger charge is -2.33. The molecule has 0 bridgehead atoms. The molecular weight excluding hydrogens is 496 g/mol. The fourth-order valence-corrected chi connectivity index (χ4v) is 4.32. The van der Waals surface area contributed by atoms with Crippen molar-refractivity contribution in [2.24, 2.45) is 0 Å². The van der Waals surface area contributed by atoms with Crippen LogP contribution in [0.25, 0.3) is 0 Å². The van der Waals surface area contributed by atoms with Crippen LogP contribution in [0.15, 0.2) is 42.5 Å². The molecule has 1 amide bonds. The lowest BCUT2D eigenvalue weighted by Crippen LogP contribution is -2.35. The predicted octanol–water partition coefficient (Wildman–Crippen LogP) is 6.12. The van der Waals surface area contributed by atoms with Gasteiger partial charge in [0.05, 0.1) is 20.3 Å². The van der Waals surface area contributed by atoms with Gasteiger partial charge in [-0.05, 0) is 35.9 Å². The number of amides is 1. The molecule has 0 saturated heterocycles. The van der Waals surface area contributed by atoms with E-state index in [0.29, 0.717) is 27.1 Å². The molecule has 1 aliphatic heterocycles. The molecule has 2 atom stereocenters. The Morgan fingerprint density at radius 3 is 2.38 bits per heavy atom. The highest BCUT2D eigenvalue weighted by Crippen LogP contribution is 2.44. The van der Waals surface area contributed by atoms with E-state index in [-0.39, 0.29) is 23.6 Å². The maximum absolute atomic E-state index is 14.0. The fourth-order valence-electron chi connectivity index (χ4n) is 3.79. The Hall–Kier alpha value is -3.11. The van der Waals surface area contributed by atoms with Gasteiger partial charge >= 0.3 is 6.18 Å². The van der Waals surface area contributed by atoms with Crippen LogP contribution in [0, 0.1) is 0 Å². The summed E-state index contributed by atoms with van der Waals surface area (Å²) in [5.41, 5.74) is 0.664. The molecule has 180 valence electrons. The maximum atomic E-state index is 14.0. The number of nitrogens with zero attached hydrogens (tertiary/aromatic N) is 2. The van der Waals surface area contributed by atoms with Gasteiger partial charge in [-0.3, -0.25) is 4.79 Å². The molecule has 0 radical (unpaired) electrons. The van der Waals surface area contributed by atoms with Crippen LogP contribution in [0.3, 0.4) is 0 Å². The molecule has 0 spiro atoms. The smallest absolute Gasteiger partial charge is 0.410 e. The molecule has 0 saturated carbocycles. The van der Waals surface area contributed by atoms with Crippen molar-refractivity contribution in [2.75, 3.05) is 24.9 Å². The molecule has 0 fully saturated rings. The zero-order valence-corrected chi connectivity index (χ0v) is 19.4. The van der Waals surface area contributed by atoms with Crippen LogP contribution in [0.1, 0.15) is 34.6 Å². The monoisotopic (exact) mass is 514 g/mol. The largest absolute Gasteiger partial charge is 0.493 e. The number of aromatic nitrogens is 2. The zero-order chi connectivity index (χ0) is 24.6. The van der Waals surface area contributed by atoms with Gasteiger partial charge in [0.25, 0.3) is 5.91 Å². The summed E-state index contributed by atoms with van der Waals surface area (Å²) in [7, 11) is 2.92. The molecule has 34 heavy (non-hydrogen) atoms. The highest BCUT2D eigenvalue weighted by Gasteiger charge is 2.47. The van der Waals surface area contributed by atoms with E-state index in [0.717, 1.165) is 4.68 Å². The van der Waals surface area contributed by atoms with Gasteiger partial charge in [-0.1, -0.05) is 29.3 Å². The minimum Gasteiger partial charge on any atom is -0.493 e. The first-order valence-corrected chi connectivity index (χ1v) is 10.8. The number of nitrogens with one attached hydrogen (secondary N) is 2. The molecule has 4 rings (SSSR count). The first kappa shape index (κ1) is 24.0. The summed E-state index contributed by atoms with van der Waals surface area (Å²) in [5.74, 6) is 0.206. The normalized spacial score (nSPS) is 17.5. The van der Waals surface area contributed by atoms with Crippen molar-refractivity contribution in [2.45, 2.75) is 24.7 Å². The Morgan fingerprint density at radius 1 is 1.09 bits per heavy atom. The minimum atomic E-state index is -4.59. The zero-order valence-electron chi connectivity index (χ0n) is 17.9. The van der Waals surface area contributed by atoms with Gasteiger partial charge in [0.1, 0.15) is 5.82 Å². The van der Waals surface area contributed by atoms with Crippen molar-refractivity contribution in [3.05, 3.63) is 63.8 Å². The van der Waals surface area contributed by atoms with E-state index in [1.165, 1.54) is 38.5 Å². The van der Waals surface area contributed by atoms with Crippen LogP contribution in [-0.2, 0) is 0 Å². The van der Waals surface area contributed by atoms with Gasteiger partial charge in [0.15, 0.2) is 23.2 Å². The van der Waals surface area contributed by atoms with Crippen molar-refractivity contribution in [3.63, 3.8) is 0 Å². The highest BCUT2D eigenvalue weighted by molar-refractivity contribution is 6.35. The molecule has 7 nitrogen and oxygen atoms in total. The molecule has 2 aromatic carbocycles. The SMILES string of the molecule is COc1ccc(C2CC(C(F)(F)F)n3nc(C(=O)Nc4cc(Cl)cc(Cl)c4)cc3N2)cc1OC. The molecule has 3 aromatic rings. The van der Waals surface area contributed by atoms with Gasteiger partial charge in [-0.15, -0.1) is 0 Å². The molecule has 2 N–H and O–H groups in total. The number of anilines is 2. The molecule has 2 heterocycles. The number of carbonyl (C=O) groups is 1. The standard InChI is InChI=1S/C22H19Cl2F3N4O3/c1-33-17-4-3-11(5-18(17)34-2)15-9-19(22(25,26)27)31-20(29-15)10-16(30-31)21(32)28-14-7-12(23)6-13(24)8-14/h3-8,10,15,19,29H,9H2,1-2H3,(H,28,32). The van der Waals surface area contributed by atoms with Crippen molar-refractivity contribution >= 4 is 40.6 Å². The number of hydrogen-bond donors (Lipinski definition) is 2. The lowest BCUT2D eigenvalue weighted by atomic mass is 9.96. The number of carbonyl (C=O) groups excluding carboxylic acids is 1. The summed E-state index contributed by atoms with van der Waals surface area (Å²) in [4.78, 5) is 12.7. The van der Waals surface area contributed by atoms with E-state index >= 15 is 0 Å². The van der Waals surface area contributed by atoms with Gasteiger partial charge in [-0.2, -0.15) is 18.3 Å². The van der Waals surface area contributed by atoms with Gasteiger partial charge in [0.2, 0.25) is 0 Å². The van der Waals surface area contributed by atoms with Crippen LogP contribution in [0.2, 0.25) is 10.0 Å². The molecule has 1 aromatic heterocycles. The Kier molecular flexibility index (Phi) is 6.55. The van der Waals surface area contributed by atoms with Gasteiger partial charge in [0, 0.05) is 28.2 Å². The van der Waals surface area contributed by atoms with Crippen molar-refractivity contribution in [1.82, 2.24) is 9.78 Å². The maximum Gasteiger partial charge on any atom is 0.410 e. The van der Waals surface area contributed by atoms with Crippen LogP contribution >= 0.6 is 23.2 Å². The van der Waals surface area contributed by atoms with Crippen molar-refractivity contribution < 1.29 is 27.4 Å². The number of ether oxygens (including phenoxy) is 2. The van der Waals surface area contributed by atoms with Gasteiger partial charge < -0.3 is 20.1 Å². The van der Waals surface area contributed by atoms with Gasteiger partial charge in [-0.25, -0.2) is 4.68 Å². The van der Waals surface area contributed by atoms with E-state index in [1.54, 1.807) is 18.2 Å². The number of rotatable bonds is 5. The lowest BCUT2D eigenvalue weighted by molar-refractivity contribution is -0.173. The predicted molar refractivity (Wildman–Crippen MR) is 122 cm³/mol. The summed E-state index contributed by atoms with van der Waals surface area (Å²) >= 11 is 11.9. The third kappa shape index (κ3) is 4.88. The summed E-state index contributed by atoms with van der Waals surface area (Å²) in [5, 5.41) is 10.1. The average Bonchev–Trinajstić information content (AvgIpc) is 3.20. The quantitative estimate of drug-likeness (QED) is 0.428. The molecular formula is C22H19Cl2F3N4O3. The third-order valence-electron chi connectivity index (χ3n) is 5.35. The summed E-state index contributed by atoms with van der Waals surface area (Å²) in [6.07, 6.45) is -4.93. The highest BCUT2D eigenvalue weighted by atomic mass is 35.5. The van der Waals surface area contributed by atoms with E-state index in [1.807, 2.05) is 0 Å². The van der Waals surface area contributed by atoms with E-state index in [2.05, 4.69) is 15.7 Å². The van der Waals surface area contributed by atoms with Crippen molar-refractivity contribution in [1.29, 1.82) is 0 Å². The molecule has 0 aliphatic carbocycles.